The van der Waals surface area contributed by atoms with Crippen molar-refractivity contribution in [1.29, 1.82) is 0 Å². The zero-order chi connectivity index (χ0) is 8.60. The monoisotopic (exact) mass is 167 g/mol. The Morgan fingerprint density at radius 3 is 2.50 bits per heavy atom. The Morgan fingerprint density at radius 1 is 1.25 bits per heavy atom. The van der Waals surface area contributed by atoms with Crippen molar-refractivity contribution in [2.75, 3.05) is 6.54 Å². The Kier molecular flexibility index (Phi) is 2.16. The molecule has 1 atom stereocenters. The van der Waals surface area contributed by atoms with Gasteiger partial charge in [-0.05, 0) is 43.6 Å². The first-order chi connectivity index (χ1) is 5.68. The molecule has 0 amide bonds. The van der Waals surface area contributed by atoms with Crippen LogP contribution >= 0.6 is 0 Å². The van der Waals surface area contributed by atoms with Crippen LogP contribution in [-0.4, -0.2) is 12.6 Å². The molecule has 2 aliphatic rings. The lowest BCUT2D eigenvalue weighted by Crippen LogP contribution is -2.38. The first-order valence-electron chi connectivity index (χ1n) is 5.42. The third-order valence-electron chi connectivity index (χ3n) is 3.61. The van der Waals surface area contributed by atoms with Crippen molar-refractivity contribution in [1.82, 2.24) is 5.32 Å². The largest absolute Gasteiger partial charge is 0.313 e. The molecule has 0 aromatic rings. The zero-order valence-corrected chi connectivity index (χ0v) is 8.40. The van der Waals surface area contributed by atoms with Gasteiger partial charge in [0.2, 0.25) is 0 Å². The standard InChI is InChI=1S/C11H21N/c1-11(2)7-3-4-10(11)12-8-9-5-6-9/h9-10,12H,3-8H2,1-2H3. The summed E-state index contributed by atoms with van der Waals surface area (Å²) in [6.07, 6.45) is 7.19. The van der Waals surface area contributed by atoms with Gasteiger partial charge >= 0.3 is 0 Å². The summed E-state index contributed by atoms with van der Waals surface area (Å²) in [4.78, 5) is 0. The molecule has 2 fully saturated rings. The maximum absolute atomic E-state index is 3.73. The van der Waals surface area contributed by atoms with Gasteiger partial charge in [0.1, 0.15) is 0 Å². The van der Waals surface area contributed by atoms with E-state index in [0.717, 1.165) is 12.0 Å². The van der Waals surface area contributed by atoms with Crippen molar-refractivity contribution >= 4 is 0 Å². The third-order valence-corrected chi connectivity index (χ3v) is 3.61. The van der Waals surface area contributed by atoms with Crippen LogP contribution in [-0.2, 0) is 0 Å². The van der Waals surface area contributed by atoms with E-state index in [2.05, 4.69) is 19.2 Å². The quantitative estimate of drug-likeness (QED) is 0.681. The second-order valence-electron chi connectivity index (χ2n) is 5.29. The topological polar surface area (TPSA) is 12.0 Å². The third kappa shape index (κ3) is 1.82. The summed E-state index contributed by atoms with van der Waals surface area (Å²) in [5.41, 5.74) is 0.564. The Balaban J connectivity index is 1.77. The van der Waals surface area contributed by atoms with Gasteiger partial charge in [-0.2, -0.15) is 0 Å². The molecule has 0 bridgehead atoms. The Morgan fingerprint density at radius 2 is 2.00 bits per heavy atom. The van der Waals surface area contributed by atoms with E-state index in [-0.39, 0.29) is 0 Å². The van der Waals surface area contributed by atoms with Crippen LogP contribution in [0.1, 0.15) is 46.0 Å². The van der Waals surface area contributed by atoms with E-state index in [1.807, 2.05) is 0 Å². The fourth-order valence-corrected chi connectivity index (χ4v) is 2.34. The SMILES string of the molecule is CC1(C)CCCC1NCC1CC1. The molecule has 0 spiro atoms. The molecule has 0 saturated heterocycles. The first-order valence-corrected chi connectivity index (χ1v) is 5.42. The lowest BCUT2D eigenvalue weighted by molar-refractivity contribution is 0.281. The van der Waals surface area contributed by atoms with Gasteiger partial charge in [-0.1, -0.05) is 20.3 Å². The van der Waals surface area contributed by atoms with Gasteiger partial charge in [-0.3, -0.25) is 0 Å². The molecule has 1 N–H and O–H groups in total. The highest BCUT2D eigenvalue weighted by Crippen LogP contribution is 2.38. The van der Waals surface area contributed by atoms with Crippen LogP contribution in [0.2, 0.25) is 0 Å². The molecular formula is C11H21N. The molecule has 0 aliphatic heterocycles. The number of nitrogens with one attached hydrogen (secondary N) is 1. The van der Waals surface area contributed by atoms with Gasteiger partial charge in [-0.25, -0.2) is 0 Å². The molecule has 70 valence electrons. The highest BCUT2D eigenvalue weighted by molar-refractivity contribution is 4.91. The van der Waals surface area contributed by atoms with Crippen LogP contribution in [0, 0.1) is 11.3 Å². The van der Waals surface area contributed by atoms with E-state index in [9.17, 15) is 0 Å². The van der Waals surface area contributed by atoms with Crippen molar-refractivity contribution in [2.24, 2.45) is 11.3 Å². The van der Waals surface area contributed by atoms with Gasteiger partial charge in [0.15, 0.2) is 0 Å². The van der Waals surface area contributed by atoms with Gasteiger partial charge in [0, 0.05) is 6.04 Å². The number of hydrogen-bond donors (Lipinski definition) is 1. The average molecular weight is 167 g/mol. The van der Waals surface area contributed by atoms with Gasteiger partial charge < -0.3 is 5.32 Å². The minimum atomic E-state index is 0.564. The molecule has 1 heteroatoms. The van der Waals surface area contributed by atoms with Crippen LogP contribution in [0.4, 0.5) is 0 Å². The summed E-state index contributed by atoms with van der Waals surface area (Å²) in [7, 11) is 0. The zero-order valence-electron chi connectivity index (χ0n) is 8.40. The van der Waals surface area contributed by atoms with E-state index in [4.69, 9.17) is 0 Å². The van der Waals surface area contributed by atoms with Crippen molar-refractivity contribution in [3.63, 3.8) is 0 Å². The molecule has 2 rings (SSSR count). The Hall–Kier alpha value is -0.0400. The van der Waals surface area contributed by atoms with Crippen LogP contribution < -0.4 is 5.32 Å². The van der Waals surface area contributed by atoms with Crippen LogP contribution in [0.15, 0.2) is 0 Å². The predicted octanol–water partition coefficient (Wildman–Crippen LogP) is 2.56. The second kappa shape index (κ2) is 3.02. The number of hydrogen-bond acceptors (Lipinski definition) is 1. The normalized spacial score (nSPS) is 34.0. The molecule has 0 aromatic heterocycles. The average Bonchev–Trinajstić information content (AvgIpc) is 2.74. The lowest BCUT2D eigenvalue weighted by atomic mass is 9.87. The molecule has 1 nitrogen and oxygen atoms in total. The Labute approximate surface area is 75.9 Å². The van der Waals surface area contributed by atoms with Crippen LogP contribution in [0.5, 0.6) is 0 Å². The van der Waals surface area contributed by atoms with Crippen molar-refractivity contribution in [3.8, 4) is 0 Å². The summed E-state index contributed by atoms with van der Waals surface area (Å²) in [5.74, 6) is 1.03. The molecular weight excluding hydrogens is 146 g/mol. The fourth-order valence-electron chi connectivity index (χ4n) is 2.34. The van der Waals surface area contributed by atoms with E-state index >= 15 is 0 Å². The molecule has 0 aromatic carbocycles. The van der Waals surface area contributed by atoms with Crippen molar-refractivity contribution < 1.29 is 0 Å². The minimum absolute atomic E-state index is 0.564. The molecule has 0 heterocycles. The fraction of sp³-hybridized carbons (Fsp3) is 1.00. The number of rotatable bonds is 3. The lowest BCUT2D eigenvalue weighted by Gasteiger charge is -2.27. The molecule has 1 unspecified atom stereocenters. The van der Waals surface area contributed by atoms with Crippen molar-refractivity contribution in [3.05, 3.63) is 0 Å². The molecule has 12 heavy (non-hydrogen) atoms. The highest BCUT2D eigenvalue weighted by atomic mass is 14.9. The summed E-state index contributed by atoms with van der Waals surface area (Å²) in [6, 6.07) is 0.804. The van der Waals surface area contributed by atoms with Crippen LogP contribution in [0.3, 0.4) is 0 Å². The summed E-state index contributed by atoms with van der Waals surface area (Å²) >= 11 is 0. The van der Waals surface area contributed by atoms with Gasteiger partial charge in [-0.15, -0.1) is 0 Å². The van der Waals surface area contributed by atoms with E-state index in [1.165, 1.54) is 38.6 Å². The maximum Gasteiger partial charge on any atom is 0.0118 e. The second-order valence-corrected chi connectivity index (χ2v) is 5.29. The Bertz CT molecular complexity index is 158. The van der Waals surface area contributed by atoms with Crippen molar-refractivity contribution in [2.45, 2.75) is 52.0 Å². The summed E-state index contributed by atoms with van der Waals surface area (Å²) < 4.78 is 0. The maximum atomic E-state index is 3.73. The van der Waals surface area contributed by atoms with E-state index < -0.39 is 0 Å². The van der Waals surface area contributed by atoms with Crippen LogP contribution in [0.25, 0.3) is 0 Å². The van der Waals surface area contributed by atoms with Gasteiger partial charge in [0.25, 0.3) is 0 Å². The van der Waals surface area contributed by atoms with E-state index in [0.29, 0.717) is 5.41 Å². The minimum Gasteiger partial charge on any atom is -0.313 e. The molecule has 2 aliphatic carbocycles. The molecule has 0 radical (unpaired) electrons. The summed E-state index contributed by atoms with van der Waals surface area (Å²) in [6.45, 7) is 6.10. The smallest absolute Gasteiger partial charge is 0.0118 e. The molecule has 2 saturated carbocycles. The predicted molar refractivity (Wildman–Crippen MR) is 52.1 cm³/mol. The highest BCUT2D eigenvalue weighted by Gasteiger charge is 2.35. The first kappa shape index (κ1) is 8.55. The van der Waals surface area contributed by atoms with E-state index in [1.54, 1.807) is 0 Å². The summed E-state index contributed by atoms with van der Waals surface area (Å²) in [5, 5.41) is 3.73. The van der Waals surface area contributed by atoms with Gasteiger partial charge in [0.05, 0.1) is 0 Å².